The summed E-state index contributed by atoms with van der Waals surface area (Å²) in [5.74, 6) is -2.24. The van der Waals surface area contributed by atoms with Gasteiger partial charge in [-0.05, 0) is 48.2 Å². The quantitative estimate of drug-likeness (QED) is 0.0821. The highest BCUT2D eigenvalue weighted by molar-refractivity contribution is 9.10. The van der Waals surface area contributed by atoms with Gasteiger partial charge in [-0.1, -0.05) is 66.4 Å². The van der Waals surface area contributed by atoms with E-state index in [1.165, 1.54) is 47.5 Å². The molecule has 10 unspecified atom stereocenters. The van der Waals surface area contributed by atoms with Crippen molar-refractivity contribution >= 4 is 104 Å². The van der Waals surface area contributed by atoms with Gasteiger partial charge in [0.25, 0.3) is 0 Å². The molecule has 4 rings (SSSR count). The molecule has 1 radical (unpaired) electrons. The highest BCUT2D eigenvalue weighted by atomic mass is 79.9. The molecule has 66 heavy (non-hydrogen) atoms. The zero-order valence-corrected chi connectivity index (χ0v) is 42.4. The lowest BCUT2D eigenvalue weighted by molar-refractivity contribution is -0.271. The minimum atomic E-state index is -1.00. The van der Waals surface area contributed by atoms with Gasteiger partial charge in [0, 0.05) is 64.5 Å². The number of hydrogen-bond donors (Lipinski definition) is 1. The second-order valence-corrected chi connectivity index (χ2v) is 16.4. The molecule has 2 heterocycles. The largest absolute Gasteiger partial charge is 0.519 e. The molecule has 2 fully saturated rings. The summed E-state index contributed by atoms with van der Waals surface area (Å²) in [5, 5.41) is 9.19. The fourth-order valence-electron chi connectivity index (χ4n) is 5.75. The molecule has 0 aromatic heterocycles. The lowest BCUT2D eigenvalue weighted by Gasteiger charge is -2.43. The number of nitrogens with zero attached hydrogens (tertiary/aromatic N) is 2. The van der Waals surface area contributed by atoms with Gasteiger partial charge < -0.3 is 47.3 Å². The molecular weight excluding hydrogens is 1050 g/mol. The molecule has 1 N–H and O–H groups in total. The molecule has 24 heteroatoms. The number of carbonyl (C=O) groups is 5. The van der Waals surface area contributed by atoms with Crippen LogP contribution in [0.15, 0.2) is 45.3 Å². The summed E-state index contributed by atoms with van der Waals surface area (Å²) in [5.41, 5.74) is 0.576. The summed E-state index contributed by atoms with van der Waals surface area (Å²) in [4.78, 5) is 62.6. The number of benzene rings is 2. The predicted molar refractivity (Wildman–Crippen MR) is 245 cm³/mol. The number of alkyl halides is 2. The van der Waals surface area contributed by atoms with Crippen molar-refractivity contribution in [1.82, 2.24) is 0 Å². The maximum Gasteiger partial charge on any atom is 0.351 e. The minimum Gasteiger partial charge on any atom is -0.519 e. The van der Waals surface area contributed by atoms with Crippen LogP contribution in [-0.4, -0.2) is 98.1 Å². The summed E-state index contributed by atoms with van der Waals surface area (Å²) in [7, 11) is 0.500. The molecule has 0 saturated carbocycles. The van der Waals surface area contributed by atoms with Crippen LogP contribution in [0, 0.1) is 36.8 Å². The summed E-state index contributed by atoms with van der Waals surface area (Å²) in [6.45, 7) is 29.6. The summed E-state index contributed by atoms with van der Waals surface area (Å²) < 4.78 is 71.1. The van der Waals surface area contributed by atoms with E-state index in [4.69, 9.17) is 88.5 Å². The standard InChI is InChI=1S/C19H22BrNO6.C14H22O7.C7H4BrNO.CH3BF.CH2Cl2.F2/c1-10-11(2)18(25-13(4)23)19(27-17(10)9-24-12(3)22)26-16-7-6-14(20)8-15(16)21-5;1-7-8(2)13(19-10(4)16)14(20-11(5)17)21-12(7)6-18-9(3)15;1-9-6-4-5(8)2-3-7(6)10;1-2-3;2-1-3;1-2/h6-8,10-11,17-19H,9H2,1-4H3;7-8,12-14H,6H2,1-5H3;2-4,10H;1H3;1H2;. The summed E-state index contributed by atoms with van der Waals surface area (Å²) >= 11 is 16.0. The van der Waals surface area contributed by atoms with Crippen LogP contribution in [0.4, 0.5) is 24.8 Å². The van der Waals surface area contributed by atoms with Crippen molar-refractivity contribution < 1.29 is 80.4 Å². The fraction of sp³-hybridized carbons (Fsp3) is 0.548. The van der Waals surface area contributed by atoms with Crippen molar-refractivity contribution in [3.8, 4) is 11.5 Å². The molecule has 2 aliphatic rings. The average molecular weight is 1110 g/mol. The van der Waals surface area contributed by atoms with Crippen LogP contribution in [0.3, 0.4) is 0 Å². The maximum absolute atomic E-state index is 11.6. The first kappa shape index (κ1) is 63.8. The molecule has 2 aromatic carbocycles. The first-order valence-electron chi connectivity index (χ1n) is 19.4. The Hall–Kier alpha value is -4.32. The Morgan fingerprint density at radius 1 is 0.682 bits per heavy atom. The summed E-state index contributed by atoms with van der Waals surface area (Å²) in [6, 6.07) is 9.77. The Balaban J connectivity index is 0. The van der Waals surface area contributed by atoms with Gasteiger partial charge in [0.1, 0.15) is 24.7 Å². The van der Waals surface area contributed by atoms with E-state index in [-0.39, 0.29) is 53.7 Å². The third kappa shape index (κ3) is 24.5. The molecule has 2 aliphatic heterocycles. The van der Waals surface area contributed by atoms with Crippen LogP contribution in [0.5, 0.6) is 11.5 Å². The second kappa shape index (κ2) is 34.9. The van der Waals surface area contributed by atoms with E-state index in [0.29, 0.717) is 19.0 Å². The van der Waals surface area contributed by atoms with Crippen LogP contribution >= 0.6 is 55.1 Å². The zero-order valence-electron chi connectivity index (χ0n) is 37.7. The number of esters is 5. The van der Waals surface area contributed by atoms with Gasteiger partial charge in [0.05, 0.1) is 30.7 Å². The van der Waals surface area contributed by atoms with Crippen LogP contribution in [0.25, 0.3) is 9.69 Å². The van der Waals surface area contributed by atoms with Crippen LogP contribution in [-0.2, 0) is 57.1 Å². The van der Waals surface area contributed by atoms with Crippen molar-refractivity contribution in [2.75, 3.05) is 18.6 Å². The van der Waals surface area contributed by atoms with E-state index in [1.807, 2.05) is 27.7 Å². The second-order valence-electron chi connectivity index (χ2n) is 13.8. The Morgan fingerprint density at radius 3 is 1.41 bits per heavy atom. The summed E-state index contributed by atoms with van der Waals surface area (Å²) in [6.07, 6.45) is -4.13. The van der Waals surface area contributed by atoms with Gasteiger partial charge in [-0.3, -0.25) is 24.0 Å². The molecular formula is C42H53BBr2Cl2F3N2O14. The Kier molecular flexibility index (Phi) is 33.7. The molecule has 367 valence electrons. The molecule has 2 aromatic rings. The Morgan fingerprint density at radius 2 is 1.05 bits per heavy atom. The number of phenols is 1. The van der Waals surface area contributed by atoms with Gasteiger partial charge in [-0.2, -0.15) is 0 Å². The Labute approximate surface area is 410 Å². The number of halogens is 7. The van der Waals surface area contributed by atoms with Gasteiger partial charge in [0.2, 0.25) is 24.0 Å². The van der Waals surface area contributed by atoms with Crippen LogP contribution < -0.4 is 4.74 Å². The first-order valence-corrected chi connectivity index (χ1v) is 22.1. The predicted octanol–water partition coefficient (Wildman–Crippen LogP) is 10.5. The van der Waals surface area contributed by atoms with Crippen LogP contribution in [0.1, 0.15) is 62.3 Å². The lowest BCUT2D eigenvalue weighted by Crippen LogP contribution is -2.54. The van der Waals surface area contributed by atoms with Gasteiger partial charge in [-0.15, -0.1) is 23.2 Å². The number of phenolic OH excluding ortho intramolecular Hbond substituents is 1. The third-order valence-corrected chi connectivity index (χ3v) is 10.1. The van der Waals surface area contributed by atoms with Crippen molar-refractivity contribution in [2.24, 2.45) is 23.7 Å². The van der Waals surface area contributed by atoms with E-state index >= 15 is 0 Å². The van der Waals surface area contributed by atoms with E-state index in [9.17, 15) is 28.3 Å². The van der Waals surface area contributed by atoms with Gasteiger partial charge in [-0.25, -0.2) is 9.69 Å². The molecule has 16 nitrogen and oxygen atoms in total. The topological polar surface area (TPSA) is 188 Å². The third-order valence-electron chi connectivity index (χ3n) is 9.15. The Bertz CT molecular complexity index is 1910. The first-order chi connectivity index (χ1) is 31.0. The van der Waals surface area contributed by atoms with Gasteiger partial charge >= 0.3 is 37.4 Å². The molecule has 0 amide bonds. The average Bonchev–Trinajstić information content (AvgIpc) is 3.25. The monoisotopic (exact) mass is 1110 g/mol. The SMILES string of the molecule is CC(=O)OCC1OC(OC(C)=O)C(OC(C)=O)C(C)C1C.C[B]F.ClCCl.FF.[C-]#[N+]c1cc(Br)ccc1O.[C-]#[N+]c1cc(Br)ccc1OC1OC(COC(C)=O)C(C)C(C)C1OC(C)=O. The highest BCUT2D eigenvalue weighted by Gasteiger charge is 2.46. The molecule has 0 spiro atoms. The number of aromatic hydroxyl groups is 1. The smallest absolute Gasteiger partial charge is 0.351 e. The number of hydrogen-bond acceptors (Lipinski definition) is 14. The van der Waals surface area contributed by atoms with Crippen molar-refractivity contribution in [3.63, 3.8) is 0 Å². The fourth-order valence-corrected chi connectivity index (χ4v) is 6.45. The van der Waals surface area contributed by atoms with E-state index < -0.39 is 66.8 Å². The van der Waals surface area contributed by atoms with E-state index in [2.05, 4.69) is 41.5 Å². The number of carbonyl (C=O) groups excluding carboxylic acids is 5. The molecule has 0 bridgehead atoms. The molecule has 2 saturated heterocycles. The lowest BCUT2D eigenvalue weighted by atomic mass is 9.83. The normalized spacial score (nSPS) is 23.3. The number of rotatable bonds is 9. The van der Waals surface area contributed by atoms with Crippen molar-refractivity contribution in [1.29, 1.82) is 0 Å². The van der Waals surface area contributed by atoms with Crippen molar-refractivity contribution in [2.45, 2.75) is 106 Å². The van der Waals surface area contributed by atoms with E-state index in [1.54, 1.807) is 30.3 Å². The number of ether oxygens (including phenoxy) is 8. The molecule has 10 atom stereocenters. The minimum absolute atomic E-state index is 0.0261. The molecule has 0 aliphatic carbocycles. The zero-order chi connectivity index (χ0) is 51.3. The van der Waals surface area contributed by atoms with Crippen molar-refractivity contribution in [3.05, 3.63) is 68.2 Å². The highest BCUT2D eigenvalue weighted by Crippen LogP contribution is 2.38. The van der Waals surface area contributed by atoms with Crippen LogP contribution in [0.2, 0.25) is 6.82 Å². The van der Waals surface area contributed by atoms with E-state index in [0.717, 1.165) is 8.95 Å². The van der Waals surface area contributed by atoms with Gasteiger partial charge in [0.15, 0.2) is 12.2 Å². The maximum atomic E-state index is 11.6.